The van der Waals surface area contributed by atoms with E-state index in [0.717, 1.165) is 21.9 Å². The second-order valence-electron chi connectivity index (χ2n) is 7.02. The predicted octanol–water partition coefficient (Wildman–Crippen LogP) is 4.57. The molecule has 0 aromatic heterocycles. The second kappa shape index (κ2) is 9.34. The van der Waals surface area contributed by atoms with E-state index >= 15 is 0 Å². The summed E-state index contributed by atoms with van der Waals surface area (Å²) >= 11 is 7.81. The average Bonchev–Trinajstić information content (AvgIpc) is 2.78. The Bertz CT molecular complexity index is 1210. The van der Waals surface area contributed by atoms with E-state index in [4.69, 9.17) is 11.6 Å². The molecule has 0 fully saturated rings. The number of sulfonamides is 1. The number of rotatable bonds is 7. The number of hydrogen-bond acceptors (Lipinski definition) is 4. The van der Waals surface area contributed by atoms with Gasteiger partial charge in [-0.1, -0.05) is 66.2 Å². The first-order valence-corrected chi connectivity index (χ1v) is 12.7. The lowest BCUT2D eigenvalue weighted by Crippen LogP contribution is -2.43. The predicted molar refractivity (Wildman–Crippen MR) is 127 cm³/mol. The summed E-state index contributed by atoms with van der Waals surface area (Å²) in [4.78, 5) is 12.8. The molecule has 5 nitrogen and oxygen atoms in total. The Morgan fingerprint density at radius 1 is 0.935 bits per heavy atom. The zero-order valence-corrected chi connectivity index (χ0v) is 19.0. The van der Waals surface area contributed by atoms with Crippen molar-refractivity contribution >= 4 is 45.0 Å². The normalized spacial score (nSPS) is 13.9. The van der Waals surface area contributed by atoms with E-state index in [1.54, 1.807) is 42.1 Å². The maximum atomic E-state index is 13.2. The molecular formula is C23H21ClN2O3S2. The first-order valence-electron chi connectivity index (χ1n) is 9.77. The van der Waals surface area contributed by atoms with Crippen molar-refractivity contribution in [3.05, 3.63) is 83.4 Å². The van der Waals surface area contributed by atoms with E-state index in [-0.39, 0.29) is 17.3 Å². The highest BCUT2D eigenvalue weighted by Crippen LogP contribution is 2.42. The lowest BCUT2D eigenvalue weighted by molar-refractivity contribution is -0.119. The molecule has 3 aromatic rings. The van der Waals surface area contributed by atoms with Crippen molar-refractivity contribution in [1.29, 1.82) is 0 Å². The molecule has 0 spiro atoms. The summed E-state index contributed by atoms with van der Waals surface area (Å²) in [6.45, 7) is 0.183. The lowest BCUT2D eigenvalue weighted by atomic mass is 10.0. The molecular weight excluding hydrogens is 452 g/mol. The van der Waals surface area contributed by atoms with Gasteiger partial charge < -0.3 is 5.32 Å². The van der Waals surface area contributed by atoms with Gasteiger partial charge in [-0.25, -0.2) is 8.42 Å². The number of hydrogen-bond donors (Lipinski definition) is 1. The third kappa shape index (κ3) is 4.59. The van der Waals surface area contributed by atoms with Crippen molar-refractivity contribution in [2.24, 2.45) is 0 Å². The molecule has 0 radical (unpaired) electrons. The van der Waals surface area contributed by atoms with Crippen LogP contribution < -0.4 is 9.62 Å². The molecule has 1 aliphatic heterocycles. The molecule has 8 heteroatoms. The van der Waals surface area contributed by atoms with Crippen LogP contribution in [0.1, 0.15) is 5.56 Å². The smallest absolute Gasteiger partial charge is 0.265 e. The topological polar surface area (TPSA) is 66.5 Å². The molecule has 0 aliphatic carbocycles. The van der Waals surface area contributed by atoms with Crippen molar-refractivity contribution in [3.8, 4) is 11.1 Å². The molecule has 3 aromatic carbocycles. The van der Waals surface area contributed by atoms with Crippen LogP contribution in [0, 0.1) is 0 Å². The van der Waals surface area contributed by atoms with Gasteiger partial charge in [-0.05, 0) is 23.8 Å². The van der Waals surface area contributed by atoms with Crippen molar-refractivity contribution in [2.45, 2.75) is 10.6 Å². The highest BCUT2D eigenvalue weighted by molar-refractivity contribution is 7.98. The number of amides is 1. The minimum atomic E-state index is -3.81. The number of carbonyl (C=O) groups excluding carboxylic acids is 1. The summed E-state index contributed by atoms with van der Waals surface area (Å²) in [7, 11) is -3.81. The Kier molecular flexibility index (Phi) is 6.55. The molecule has 4 rings (SSSR count). The summed E-state index contributed by atoms with van der Waals surface area (Å²) in [5.74, 6) is 1.11. The van der Waals surface area contributed by atoms with E-state index in [1.165, 1.54) is 4.31 Å². The van der Waals surface area contributed by atoms with Crippen LogP contribution in [0.25, 0.3) is 11.1 Å². The number of halogens is 1. The van der Waals surface area contributed by atoms with E-state index in [1.807, 2.05) is 42.5 Å². The van der Waals surface area contributed by atoms with Gasteiger partial charge in [0, 0.05) is 34.2 Å². The number of nitrogens with zero attached hydrogens (tertiary/aromatic N) is 1. The van der Waals surface area contributed by atoms with Gasteiger partial charge in [0.1, 0.15) is 6.54 Å². The van der Waals surface area contributed by atoms with Gasteiger partial charge in [0.15, 0.2) is 0 Å². The van der Waals surface area contributed by atoms with Crippen LogP contribution in [-0.2, 0) is 20.6 Å². The Balaban J connectivity index is 1.39. The quantitative estimate of drug-likeness (QED) is 0.512. The number of carbonyl (C=O) groups is 1. The van der Waals surface area contributed by atoms with Crippen LogP contribution in [0.2, 0.25) is 5.02 Å². The molecule has 0 saturated carbocycles. The maximum absolute atomic E-state index is 13.2. The van der Waals surface area contributed by atoms with Gasteiger partial charge >= 0.3 is 0 Å². The SMILES string of the molecule is O=C(CN1c2ccccc2-c2ccccc2S1(=O)=O)NCCSCc1ccccc1Cl. The van der Waals surface area contributed by atoms with Gasteiger partial charge in [-0.15, -0.1) is 0 Å². The fourth-order valence-electron chi connectivity index (χ4n) is 3.50. The van der Waals surface area contributed by atoms with Crippen LogP contribution in [0.5, 0.6) is 0 Å². The molecule has 31 heavy (non-hydrogen) atoms. The Labute approximate surface area is 191 Å². The largest absolute Gasteiger partial charge is 0.354 e. The zero-order chi connectivity index (χ0) is 21.8. The number of nitrogens with one attached hydrogen (secondary N) is 1. The van der Waals surface area contributed by atoms with E-state index in [2.05, 4.69) is 5.32 Å². The van der Waals surface area contributed by atoms with E-state index in [0.29, 0.717) is 23.5 Å². The number of benzene rings is 3. The van der Waals surface area contributed by atoms with Crippen molar-refractivity contribution in [1.82, 2.24) is 5.32 Å². The van der Waals surface area contributed by atoms with Gasteiger partial charge in [0.05, 0.1) is 10.6 Å². The van der Waals surface area contributed by atoms with Crippen molar-refractivity contribution < 1.29 is 13.2 Å². The lowest BCUT2D eigenvalue weighted by Gasteiger charge is -2.31. The Hall–Kier alpha value is -2.48. The third-order valence-electron chi connectivity index (χ3n) is 4.99. The van der Waals surface area contributed by atoms with Gasteiger partial charge in [-0.3, -0.25) is 9.10 Å². The van der Waals surface area contributed by atoms with Crippen LogP contribution in [-0.4, -0.2) is 33.2 Å². The summed E-state index contributed by atoms with van der Waals surface area (Å²) in [6.07, 6.45) is 0. The molecule has 0 saturated heterocycles. The van der Waals surface area contributed by atoms with Gasteiger partial charge in [-0.2, -0.15) is 11.8 Å². The number of anilines is 1. The summed E-state index contributed by atoms with van der Waals surface area (Å²) in [6, 6.07) is 21.8. The third-order valence-corrected chi connectivity index (χ3v) is 8.18. The summed E-state index contributed by atoms with van der Waals surface area (Å²) in [5, 5.41) is 3.55. The molecule has 0 atom stereocenters. The maximum Gasteiger partial charge on any atom is 0.265 e. The van der Waals surface area contributed by atoms with Crippen molar-refractivity contribution in [2.75, 3.05) is 23.1 Å². The van der Waals surface area contributed by atoms with Crippen molar-refractivity contribution in [3.63, 3.8) is 0 Å². The minimum absolute atomic E-state index is 0.219. The van der Waals surface area contributed by atoms with Crippen LogP contribution in [0.4, 0.5) is 5.69 Å². The molecule has 0 bridgehead atoms. The highest BCUT2D eigenvalue weighted by atomic mass is 35.5. The Morgan fingerprint density at radius 2 is 1.61 bits per heavy atom. The minimum Gasteiger partial charge on any atom is -0.354 e. The number of fused-ring (bicyclic) bond motifs is 3. The monoisotopic (exact) mass is 472 g/mol. The first-order chi connectivity index (χ1) is 15.0. The molecule has 1 amide bonds. The molecule has 1 N–H and O–H groups in total. The van der Waals surface area contributed by atoms with Crippen LogP contribution >= 0.6 is 23.4 Å². The summed E-state index contributed by atoms with van der Waals surface area (Å²) < 4.78 is 27.6. The van der Waals surface area contributed by atoms with Gasteiger partial charge in [0.25, 0.3) is 10.0 Å². The second-order valence-corrected chi connectivity index (χ2v) is 10.4. The number of thioether (sulfide) groups is 1. The Morgan fingerprint density at radius 3 is 2.42 bits per heavy atom. The molecule has 1 aliphatic rings. The fraction of sp³-hybridized carbons (Fsp3) is 0.174. The van der Waals surface area contributed by atoms with E-state index in [9.17, 15) is 13.2 Å². The van der Waals surface area contributed by atoms with E-state index < -0.39 is 10.0 Å². The van der Waals surface area contributed by atoms with Crippen LogP contribution in [0.15, 0.2) is 77.7 Å². The van der Waals surface area contributed by atoms with Crippen LogP contribution in [0.3, 0.4) is 0 Å². The number of para-hydroxylation sites is 1. The first kappa shape index (κ1) is 21.7. The molecule has 0 unspecified atom stereocenters. The fourth-order valence-corrected chi connectivity index (χ4v) is 6.29. The van der Waals surface area contributed by atoms with Gasteiger partial charge in [0.2, 0.25) is 5.91 Å². The zero-order valence-electron chi connectivity index (χ0n) is 16.6. The summed E-state index contributed by atoms with van der Waals surface area (Å²) in [5.41, 5.74) is 3.03. The highest BCUT2D eigenvalue weighted by Gasteiger charge is 2.35. The standard InChI is InChI=1S/C23H21ClN2O3S2/c24-20-10-4-1-7-17(20)16-30-14-13-25-23(27)15-26-21-11-5-2-8-18(21)19-9-3-6-12-22(19)31(26,28)29/h1-12H,13-16H2,(H,25,27). The molecule has 160 valence electrons. The average molecular weight is 473 g/mol. The molecule has 1 heterocycles.